The standard InChI is InChI=1S/C17H24OSi/c1-14(13-15-9-7-8-10-15)17(18)19(2,3)16-11-5-4-6-12-16/h4-6,11-12,15H,1,7-10,13H2,2-3H3. The third kappa shape index (κ3) is 3.24. The van der Waals surface area contributed by atoms with E-state index in [4.69, 9.17) is 0 Å². The van der Waals surface area contributed by atoms with E-state index in [0.29, 0.717) is 11.3 Å². The summed E-state index contributed by atoms with van der Waals surface area (Å²) in [6.45, 7) is 8.38. The van der Waals surface area contributed by atoms with Crippen molar-refractivity contribution >= 4 is 18.7 Å². The molecule has 0 unspecified atom stereocenters. The van der Waals surface area contributed by atoms with E-state index in [0.717, 1.165) is 12.0 Å². The Morgan fingerprint density at radius 1 is 1.21 bits per heavy atom. The quantitative estimate of drug-likeness (QED) is 0.588. The van der Waals surface area contributed by atoms with Crippen LogP contribution < -0.4 is 5.19 Å². The third-order valence-corrected chi connectivity index (χ3v) is 7.66. The van der Waals surface area contributed by atoms with Crippen LogP contribution in [-0.2, 0) is 4.79 Å². The highest BCUT2D eigenvalue weighted by atomic mass is 28.3. The maximum absolute atomic E-state index is 12.7. The lowest BCUT2D eigenvalue weighted by molar-refractivity contribution is -0.109. The molecule has 0 aliphatic heterocycles. The molecule has 1 aromatic carbocycles. The summed E-state index contributed by atoms with van der Waals surface area (Å²) in [4.78, 5) is 12.7. The van der Waals surface area contributed by atoms with Crippen LogP contribution in [0.1, 0.15) is 32.1 Å². The summed E-state index contributed by atoms with van der Waals surface area (Å²) in [6, 6.07) is 10.2. The van der Waals surface area contributed by atoms with Gasteiger partial charge in [0.15, 0.2) is 8.07 Å². The lowest BCUT2D eigenvalue weighted by atomic mass is 10.00. The summed E-state index contributed by atoms with van der Waals surface area (Å²) in [5, 5.41) is 1.55. The summed E-state index contributed by atoms with van der Waals surface area (Å²) < 4.78 is 0. The highest BCUT2D eigenvalue weighted by molar-refractivity contribution is 7.14. The van der Waals surface area contributed by atoms with Crippen molar-refractivity contribution in [2.75, 3.05) is 0 Å². The molecule has 0 aromatic heterocycles. The first kappa shape index (κ1) is 14.3. The molecule has 1 saturated carbocycles. The van der Waals surface area contributed by atoms with Gasteiger partial charge < -0.3 is 4.79 Å². The third-order valence-electron chi connectivity index (χ3n) is 4.39. The Morgan fingerprint density at radius 3 is 2.37 bits per heavy atom. The zero-order chi connectivity index (χ0) is 13.9. The molecule has 0 spiro atoms. The summed E-state index contributed by atoms with van der Waals surface area (Å²) >= 11 is 0. The molecule has 1 nitrogen and oxygen atoms in total. The van der Waals surface area contributed by atoms with Gasteiger partial charge in [-0.2, -0.15) is 0 Å². The largest absolute Gasteiger partial charge is 0.300 e. The van der Waals surface area contributed by atoms with E-state index < -0.39 is 8.07 Å². The normalized spacial score (nSPS) is 16.5. The van der Waals surface area contributed by atoms with Crippen molar-refractivity contribution in [2.45, 2.75) is 45.2 Å². The first-order valence-corrected chi connectivity index (χ1v) is 10.3. The Kier molecular flexibility index (Phi) is 4.41. The van der Waals surface area contributed by atoms with E-state index in [1.807, 2.05) is 18.2 Å². The molecule has 0 atom stereocenters. The van der Waals surface area contributed by atoms with Gasteiger partial charge in [0.05, 0.1) is 0 Å². The summed E-state index contributed by atoms with van der Waals surface area (Å²) in [5.74, 6) is 0.706. The predicted octanol–water partition coefficient (Wildman–Crippen LogP) is 3.85. The molecular formula is C17H24OSi. The zero-order valence-electron chi connectivity index (χ0n) is 12.1. The summed E-state index contributed by atoms with van der Waals surface area (Å²) in [7, 11) is -2.06. The number of hydrogen-bond acceptors (Lipinski definition) is 1. The lowest BCUT2D eigenvalue weighted by Crippen LogP contribution is -2.50. The molecule has 0 N–H and O–H groups in total. The minimum absolute atomic E-state index is 0.339. The minimum atomic E-state index is -2.06. The Morgan fingerprint density at radius 2 is 1.79 bits per heavy atom. The van der Waals surface area contributed by atoms with Crippen LogP contribution in [0.25, 0.3) is 0 Å². The molecule has 1 aliphatic carbocycles. The van der Waals surface area contributed by atoms with Gasteiger partial charge in [-0.3, -0.25) is 0 Å². The number of carbonyl (C=O) groups is 1. The van der Waals surface area contributed by atoms with Crippen molar-refractivity contribution in [3.8, 4) is 0 Å². The average Bonchev–Trinajstić information content (AvgIpc) is 2.91. The fraction of sp³-hybridized carbons (Fsp3) is 0.471. The van der Waals surface area contributed by atoms with E-state index in [9.17, 15) is 4.79 Å². The van der Waals surface area contributed by atoms with Crippen LogP contribution in [0.5, 0.6) is 0 Å². The number of allylic oxidation sites excluding steroid dienone is 1. The van der Waals surface area contributed by atoms with E-state index in [2.05, 4.69) is 31.8 Å². The molecule has 0 amide bonds. The molecule has 102 valence electrons. The molecule has 1 aliphatic rings. The lowest BCUT2D eigenvalue weighted by Gasteiger charge is -2.23. The number of benzene rings is 1. The number of rotatable bonds is 5. The van der Waals surface area contributed by atoms with E-state index >= 15 is 0 Å². The second-order valence-electron chi connectivity index (χ2n) is 6.28. The topological polar surface area (TPSA) is 17.1 Å². The number of carbonyl (C=O) groups excluding carboxylic acids is 1. The average molecular weight is 272 g/mol. The fourth-order valence-corrected chi connectivity index (χ4v) is 5.36. The molecule has 1 aromatic rings. The fourth-order valence-electron chi connectivity index (χ4n) is 3.08. The Bertz CT molecular complexity index is 455. The smallest absolute Gasteiger partial charge is 0.163 e. The van der Waals surface area contributed by atoms with Crippen LogP contribution in [0.3, 0.4) is 0 Å². The summed E-state index contributed by atoms with van der Waals surface area (Å²) in [6.07, 6.45) is 6.12. The highest BCUT2D eigenvalue weighted by Crippen LogP contribution is 2.30. The van der Waals surface area contributed by atoms with Crippen molar-refractivity contribution in [1.29, 1.82) is 0 Å². The van der Waals surface area contributed by atoms with Crippen molar-refractivity contribution in [3.05, 3.63) is 42.5 Å². The molecule has 2 heteroatoms. The van der Waals surface area contributed by atoms with Crippen LogP contribution in [0.2, 0.25) is 13.1 Å². The SMILES string of the molecule is C=C(CC1CCCC1)C(=O)[Si](C)(C)c1ccccc1. The van der Waals surface area contributed by atoms with Gasteiger partial charge in [-0.1, -0.05) is 80.9 Å². The molecule has 1 fully saturated rings. The Labute approximate surface area is 117 Å². The van der Waals surface area contributed by atoms with Crippen LogP contribution >= 0.6 is 0 Å². The molecule has 0 saturated heterocycles. The van der Waals surface area contributed by atoms with Crippen molar-refractivity contribution < 1.29 is 4.79 Å². The van der Waals surface area contributed by atoms with Crippen LogP contribution in [-0.4, -0.2) is 13.5 Å². The molecule has 2 rings (SSSR count). The van der Waals surface area contributed by atoms with Crippen LogP contribution in [0.4, 0.5) is 0 Å². The zero-order valence-corrected chi connectivity index (χ0v) is 13.1. The van der Waals surface area contributed by atoms with Gasteiger partial charge >= 0.3 is 0 Å². The van der Waals surface area contributed by atoms with Gasteiger partial charge in [-0.05, 0) is 17.9 Å². The maximum atomic E-state index is 12.7. The minimum Gasteiger partial charge on any atom is -0.300 e. The molecule has 0 bridgehead atoms. The van der Waals surface area contributed by atoms with E-state index in [1.54, 1.807) is 0 Å². The monoisotopic (exact) mass is 272 g/mol. The molecule has 0 radical (unpaired) electrons. The predicted molar refractivity (Wildman–Crippen MR) is 84.3 cm³/mol. The highest BCUT2D eigenvalue weighted by Gasteiger charge is 2.34. The maximum Gasteiger partial charge on any atom is 0.163 e. The molecule has 19 heavy (non-hydrogen) atoms. The van der Waals surface area contributed by atoms with Gasteiger partial charge in [-0.15, -0.1) is 0 Å². The van der Waals surface area contributed by atoms with Gasteiger partial charge in [-0.25, -0.2) is 0 Å². The second kappa shape index (κ2) is 5.87. The van der Waals surface area contributed by atoms with Crippen molar-refractivity contribution in [3.63, 3.8) is 0 Å². The van der Waals surface area contributed by atoms with Crippen LogP contribution in [0.15, 0.2) is 42.5 Å². The van der Waals surface area contributed by atoms with E-state index in [-0.39, 0.29) is 0 Å². The Balaban J connectivity index is 2.07. The van der Waals surface area contributed by atoms with Crippen molar-refractivity contribution in [1.82, 2.24) is 0 Å². The first-order chi connectivity index (χ1) is 9.01. The first-order valence-electron chi connectivity index (χ1n) is 7.30. The Hall–Kier alpha value is -1.15. The molecule has 0 heterocycles. The van der Waals surface area contributed by atoms with Gasteiger partial charge in [0, 0.05) is 0 Å². The van der Waals surface area contributed by atoms with Crippen LogP contribution in [0, 0.1) is 5.92 Å². The van der Waals surface area contributed by atoms with Crippen molar-refractivity contribution in [2.24, 2.45) is 5.92 Å². The van der Waals surface area contributed by atoms with E-state index in [1.165, 1.54) is 30.9 Å². The second-order valence-corrected chi connectivity index (χ2v) is 10.6. The number of hydrogen-bond donors (Lipinski definition) is 0. The molecular weight excluding hydrogens is 248 g/mol. The summed E-state index contributed by atoms with van der Waals surface area (Å²) in [5.41, 5.74) is 0.868. The van der Waals surface area contributed by atoms with Gasteiger partial charge in [0.25, 0.3) is 0 Å². The van der Waals surface area contributed by atoms with Gasteiger partial charge in [0.2, 0.25) is 0 Å². The van der Waals surface area contributed by atoms with Gasteiger partial charge in [0.1, 0.15) is 5.41 Å².